The Morgan fingerprint density at radius 2 is 1.82 bits per heavy atom. The number of benzene rings is 2. The maximum Gasteiger partial charge on any atom is 0.272 e. The standard InChI is InChI=1S/C31H28Cl2FN5O/c32-22-9-12-27(26(33)19-22)39-30-21(18-20-7-10-23(34)11-8-20)4-3-5-25(30)29(37-39)31(40)36-24-13-16-38(17-14-24)28-6-1-2-15-35-28/h1-2,6-12,15,18-19,24H,3-5,13-14,16-17H2,(H,36,40)/b21-18+. The SMILES string of the molecule is O=C(NC1CCN(c2ccccn2)CC1)c1nn(-c2ccc(Cl)cc2Cl)c2c1CCC/C2=C\c1ccc(F)cc1. The lowest BCUT2D eigenvalue weighted by Crippen LogP contribution is -2.45. The number of aromatic nitrogens is 3. The first kappa shape index (κ1) is 26.5. The van der Waals surface area contributed by atoms with Crippen LogP contribution in [0.5, 0.6) is 0 Å². The van der Waals surface area contributed by atoms with Crippen LogP contribution in [-0.4, -0.2) is 39.8 Å². The number of rotatable bonds is 5. The van der Waals surface area contributed by atoms with Crippen molar-refractivity contribution in [3.05, 3.63) is 105 Å². The minimum Gasteiger partial charge on any atom is -0.356 e. The molecule has 0 radical (unpaired) electrons. The predicted molar refractivity (Wildman–Crippen MR) is 158 cm³/mol. The predicted octanol–water partition coefficient (Wildman–Crippen LogP) is 6.99. The Labute approximate surface area is 242 Å². The number of nitrogens with one attached hydrogen (secondary N) is 1. The van der Waals surface area contributed by atoms with Crippen LogP contribution in [0.4, 0.5) is 10.2 Å². The van der Waals surface area contributed by atoms with Gasteiger partial charge < -0.3 is 10.2 Å². The minimum atomic E-state index is -0.283. The van der Waals surface area contributed by atoms with Crippen molar-refractivity contribution in [3.63, 3.8) is 0 Å². The van der Waals surface area contributed by atoms with Crippen LogP contribution in [0.15, 0.2) is 66.9 Å². The topological polar surface area (TPSA) is 63.1 Å². The molecule has 4 aromatic rings. The van der Waals surface area contributed by atoms with Gasteiger partial charge in [-0.25, -0.2) is 14.1 Å². The number of fused-ring (bicyclic) bond motifs is 1. The Bertz CT molecular complexity index is 1560. The van der Waals surface area contributed by atoms with Crippen molar-refractivity contribution in [2.24, 2.45) is 0 Å². The number of carbonyl (C=O) groups excluding carboxylic acids is 1. The van der Waals surface area contributed by atoms with Crippen molar-refractivity contribution in [1.29, 1.82) is 0 Å². The number of piperidine rings is 1. The summed E-state index contributed by atoms with van der Waals surface area (Å²) in [6.07, 6.45) is 7.88. The van der Waals surface area contributed by atoms with Crippen molar-refractivity contribution in [1.82, 2.24) is 20.1 Å². The molecule has 2 aromatic carbocycles. The molecular formula is C31H28Cl2FN5O. The van der Waals surface area contributed by atoms with E-state index in [1.54, 1.807) is 35.1 Å². The first-order valence-electron chi connectivity index (χ1n) is 13.5. The second kappa shape index (κ2) is 11.4. The third-order valence-electron chi connectivity index (χ3n) is 7.53. The van der Waals surface area contributed by atoms with Gasteiger partial charge in [0.25, 0.3) is 5.91 Å². The number of hydrogen-bond donors (Lipinski definition) is 1. The molecule has 3 heterocycles. The van der Waals surface area contributed by atoms with Gasteiger partial charge in [-0.3, -0.25) is 4.79 Å². The molecule has 1 aliphatic heterocycles. The number of allylic oxidation sites excluding steroid dienone is 1. The number of halogens is 3. The lowest BCUT2D eigenvalue weighted by atomic mass is 9.89. The highest BCUT2D eigenvalue weighted by molar-refractivity contribution is 6.35. The summed E-state index contributed by atoms with van der Waals surface area (Å²) in [5, 5.41) is 9.05. The minimum absolute atomic E-state index is 0.0465. The molecule has 0 saturated carbocycles. The van der Waals surface area contributed by atoms with Crippen LogP contribution in [-0.2, 0) is 6.42 Å². The smallest absolute Gasteiger partial charge is 0.272 e. The monoisotopic (exact) mass is 575 g/mol. The van der Waals surface area contributed by atoms with Gasteiger partial charge in [0.15, 0.2) is 5.69 Å². The van der Waals surface area contributed by atoms with E-state index in [1.165, 1.54) is 12.1 Å². The molecule has 2 aromatic heterocycles. The first-order valence-corrected chi connectivity index (χ1v) is 14.2. The molecule has 0 unspecified atom stereocenters. The zero-order valence-electron chi connectivity index (χ0n) is 21.8. The summed E-state index contributed by atoms with van der Waals surface area (Å²) < 4.78 is 15.3. The van der Waals surface area contributed by atoms with Gasteiger partial charge in [-0.2, -0.15) is 5.10 Å². The molecule has 0 atom stereocenters. The van der Waals surface area contributed by atoms with Crippen LogP contribution >= 0.6 is 23.2 Å². The molecule has 6 nitrogen and oxygen atoms in total. The normalized spacial score (nSPS) is 16.7. The van der Waals surface area contributed by atoms with Crippen molar-refractivity contribution in [2.45, 2.75) is 38.1 Å². The van der Waals surface area contributed by atoms with E-state index in [9.17, 15) is 9.18 Å². The van der Waals surface area contributed by atoms with E-state index in [4.69, 9.17) is 28.3 Å². The summed E-state index contributed by atoms with van der Waals surface area (Å²) in [6.45, 7) is 1.64. The number of anilines is 1. The van der Waals surface area contributed by atoms with Gasteiger partial charge in [0.1, 0.15) is 11.6 Å². The van der Waals surface area contributed by atoms with Gasteiger partial charge in [-0.1, -0.05) is 41.4 Å². The Morgan fingerprint density at radius 3 is 2.55 bits per heavy atom. The Hall–Kier alpha value is -3.68. The summed E-state index contributed by atoms with van der Waals surface area (Å²) in [5.74, 6) is 0.495. The summed E-state index contributed by atoms with van der Waals surface area (Å²) >= 11 is 12.8. The van der Waals surface area contributed by atoms with Crippen LogP contribution < -0.4 is 10.2 Å². The van der Waals surface area contributed by atoms with Crippen LogP contribution in [0.1, 0.15) is 53.0 Å². The molecule has 1 saturated heterocycles. The molecule has 9 heteroatoms. The van der Waals surface area contributed by atoms with Gasteiger partial charge >= 0.3 is 0 Å². The molecular weight excluding hydrogens is 548 g/mol. The van der Waals surface area contributed by atoms with Crippen molar-refractivity contribution >= 4 is 46.6 Å². The zero-order chi connectivity index (χ0) is 27.6. The fourth-order valence-corrected chi connectivity index (χ4v) is 6.04. The van der Waals surface area contributed by atoms with E-state index in [0.29, 0.717) is 21.4 Å². The molecule has 1 fully saturated rings. The van der Waals surface area contributed by atoms with Crippen LogP contribution in [0.25, 0.3) is 17.3 Å². The van der Waals surface area contributed by atoms with E-state index in [-0.39, 0.29) is 17.8 Å². The molecule has 6 rings (SSSR count). The number of carbonyl (C=O) groups is 1. The molecule has 1 N–H and O–H groups in total. The molecule has 204 valence electrons. The molecule has 0 bridgehead atoms. The third-order valence-corrected chi connectivity index (χ3v) is 8.07. The van der Waals surface area contributed by atoms with E-state index >= 15 is 0 Å². The van der Waals surface area contributed by atoms with Crippen molar-refractivity contribution < 1.29 is 9.18 Å². The van der Waals surface area contributed by atoms with Crippen molar-refractivity contribution in [2.75, 3.05) is 18.0 Å². The molecule has 1 aliphatic carbocycles. The number of nitrogens with zero attached hydrogens (tertiary/aromatic N) is 4. The largest absolute Gasteiger partial charge is 0.356 e. The average molecular weight is 577 g/mol. The molecule has 0 spiro atoms. The van der Waals surface area contributed by atoms with Crippen LogP contribution in [0.3, 0.4) is 0 Å². The van der Waals surface area contributed by atoms with Gasteiger partial charge in [0.05, 0.1) is 16.4 Å². The highest BCUT2D eigenvalue weighted by Crippen LogP contribution is 2.37. The zero-order valence-corrected chi connectivity index (χ0v) is 23.3. The number of amides is 1. The number of pyridine rings is 1. The lowest BCUT2D eigenvalue weighted by molar-refractivity contribution is 0.0924. The molecule has 1 amide bonds. The fraction of sp³-hybridized carbons (Fsp3) is 0.258. The van der Waals surface area contributed by atoms with E-state index < -0.39 is 0 Å². The second-order valence-corrected chi connectivity index (χ2v) is 11.0. The van der Waals surface area contributed by atoms with Crippen molar-refractivity contribution in [3.8, 4) is 5.69 Å². The summed E-state index contributed by atoms with van der Waals surface area (Å²) in [5.41, 5.74) is 4.72. The van der Waals surface area contributed by atoms with E-state index in [0.717, 1.165) is 73.4 Å². The lowest BCUT2D eigenvalue weighted by Gasteiger charge is -2.33. The maximum absolute atomic E-state index is 13.7. The number of hydrogen-bond acceptors (Lipinski definition) is 4. The van der Waals surface area contributed by atoms with Crippen LogP contribution in [0, 0.1) is 5.82 Å². The quantitative estimate of drug-likeness (QED) is 0.278. The molecule has 2 aliphatic rings. The van der Waals surface area contributed by atoms with Gasteiger partial charge in [-0.05, 0) is 91.8 Å². The van der Waals surface area contributed by atoms with Crippen LogP contribution in [0.2, 0.25) is 10.0 Å². The van der Waals surface area contributed by atoms with Gasteiger partial charge in [-0.15, -0.1) is 0 Å². The fourth-order valence-electron chi connectivity index (χ4n) is 5.55. The van der Waals surface area contributed by atoms with Gasteiger partial charge in [0, 0.05) is 35.9 Å². The second-order valence-electron chi connectivity index (χ2n) is 10.2. The molecule has 40 heavy (non-hydrogen) atoms. The highest BCUT2D eigenvalue weighted by Gasteiger charge is 2.31. The Balaban J connectivity index is 1.32. The van der Waals surface area contributed by atoms with E-state index in [1.807, 2.05) is 30.3 Å². The summed E-state index contributed by atoms with van der Waals surface area (Å²) in [6, 6.07) is 17.6. The summed E-state index contributed by atoms with van der Waals surface area (Å²) in [7, 11) is 0. The maximum atomic E-state index is 13.7. The van der Waals surface area contributed by atoms with Gasteiger partial charge in [0.2, 0.25) is 0 Å². The average Bonchev–Trinajstić information content (AvgIpc) is 3.36. The summed E-state index contributed by atoms with van der Waals surface area (Å²) in [4.78, 5) is 20.4. The Morgan fingerprint density at radius 1 is 1.02 bits per heavy atom. The Kier molecular flexibility index (Phi) is 7.59. The third kappa shape index (κ3) is 5.49. The van der Waals surface area contributed by atoms with E-state index in [2.05, 4.69) is 15.2 Å². The first-order chi connectivity index (χ1) is 19.5. The highest BCUT2D eigenvalue weighted by atomic mass is 35.5.